The van der Waals surface area contributed by atoms with Crippen LogP contribution in [0.4, 0.5) is 15.6 Å². The molecule has 3 N–H and O–H groups in total. The molecule has 0 saturated heterocycles. The zero-order valence-electron chi connectivity index (χ0n) is 17.6. The molecule has 0 radical (unpaired) electrons. The Kier molecular flexibility index (Phi) is 7.06. The zero-order chi connectivity index (χ0) is 22.6. The molecule has 0 aliphatic heterocycles. The predicted octanol–water partition coefficient (Wildman–Crippen LogP) is 3.37. The number of primary sulfonamides is 1. The number of carbonyl (C=O) groups is 1. The van der Waals surface area contributed by atoms with Crippen molar-refractivity contribution in [2.24, 2.45) is 5.14 Å². The van der Waals surface area contributed by atoms with Crippen molar-refractivity contribution in [3.8, 4) is 11.1 Å². The van der Waals surface area contributed by atoms with Crippen LogP contribution in [0.15, 0.2) is 58.8 Å². The highest BCUT2D eigenvalue weighted by Crippen LogP contribution is 2.29. The van der Waals surface area contributed by atoms with Gasteiger partial charge in [0.1, 0.15) is 0 Å². The van der Waals surface area contributed by atoms with E-state index in [9.17, 15) is 13.2 Å². The highest BCUT2D eigenvalue weighted by Gasteiger charge is 2.24. The molecule has 31 heavy (non-hydrogen) atoms. The Morgan fingerprint density at radius 3 is 2.19 bits per heavy atom. The number of aromatic nitrogens is 1. The summed E-state index contributed by atoms with van der Waals surface area (Å²) in [6.07, 6.45) is 0. The van der Waals surface area contributed by atoms with Crippen LogP contribution in [0.3, 0.4) is 0 Å². The van der Waals surface area contributed by atoms with E-state index in [1.54, 1.807) is 6.92 Å². The van der Waals surface area contributed by atoms with Gasteiger partial charge < -0.3 is 10.2 Å². The van der Waals surface area contributed by atoms with Gasteiger partial charge in [0.05, 0.1) is 5.69 Å². The second kappa shape index (κ2) is 9.56. The summed E-state index contributed by atoms with van der Waals surface area (Å²) in [7, 11) is -0.126. The highest BCUT2D eigenvalue weighted by molar-refractivity contribution is 7.91. The lowest BCUT2D eigenvalue weighted by Crippen LogP contribution is -2.39. The molecule has 1 aromatic heterocycles. The summed E-state index contributed by atoms with van der Waals surface area (Å²) in [5.74, 6) is 0. The zero-order valence-corrected chi connectivity index (χ0v) is 19.2. The summed E-state index contributed by atoms with van der Waals surface area (Å²) in [5.41, 5.74) is 3.02. The lowest BCUT2D eigenvalue weighted by Gasteiger charge is -2.22. The Morgan fingerprint density at radius 1 is 1.03 bits per heavy atom. The maximum absolute atomic E-state index is 13.0. The molecular weight excluding hydrogens is 434 g/mol. The van der Waals surface area contributed by atoms with E-state index in [0.717, 1.165) is 22.5 Å². The molecule has 0 saturated carbocycles. The van der Waals surface area contributed by atoms with E-state index >= 15 is 0 Å². The number of thiazole rings is 1. The van der Waals surface area contributed by atoms with Gasteiger partial charge in [-0.15, -0.1) is 0 Å². The molecule has 0 atom stereocenters. The van der Waals surface area contributed by atoms with Crippen LogP contribution >= 0.6 is 11.3 Å². The second-order valence-corrected chi connectivity index (χ2v) is 9.98. The SMILES string of the molecule is Cc1nc(N(CCN(C)C)C(=O)Nc2ccc(-c3ccccc3)cc2)sc1S(N)(=O)=O. The first-order valence-corrected chi connectivity index (χ1v) is 11.9. The van der Waals surface area contributed by atoms with Gasteiger partial charge in [-0.1, -0.05) is 53.8 Å². The van der Waals surface area contributed by atoms with Crippen molar-refractivity contribution in [2.45, 2.75) is 11.1 Å². The molecule has 0 bridgehead atoms. The Bertz CT molecular complexity index is 1140. The third-order valence-electron chi connectivity index (χ3n) is 4.49. The first-order chi connectivity index (χ1) is 14.6. The van der Waals surface area contributed by atoms with E-state index in [1.807, 2.05) is 73.6 Å². The Labute approximate surface area is 186 Å². The van der Waals surface area contributed by atoms with Crippen LogP contribution in [0.25, 0.3) is 11.1 Å². The fraction of sp³-hybridized carbons (Fsp3) is 0.238. The molecule has 2 amide bonds. The molecule has 164 valence electrons. The standard InChI is InChI=1S/C21H25N5O3S2/c1-15-19(31(22,28)29)30-21(23-15)26(14-13-25(2)3)20(27)24-18-11-9-17(10-12-18)16-7-5-4-6-8-16/h4-12H,13-14H2,1-3H3,(H,24,27)(H2,22,28,29). The van der Waals surface area contributed by atoms with Gasteiger partial charge in [-0.25, -0.2) is 23.3 Å². The fourth-order valence-electron chi connectivity index (χ4n) is 2.90. The van der Waals surface area contributed by atoms with Crippen LogP contribution in [0.1, 0.15) is 5.69 Å². The molecule has 0 aliphatic rings. The van der Waals surface area contributed by atoms with Crippen LogP contribution in [-0.2, 0) is 10.0 Å². The van der Waals surface area contributed by atoms with E-state index in [0.29, 0.717) is 18.8 Å². The second-order valence-electron chi connectivity index (χ2n) is 7.24. The van der Waals surface area contributed by atoms with Gasteiger partial charge in [0.15, 0.2) is 9.34 Å². The monoisotopic (exact) mass is 459 g/mol. The maximum atomic E-state index is 13.0. The smallest absolute Gasteiger partial charge is 0.308 e. The number of hydrogen-bond donors (Lipinski definition) is 2. The van der Waals surface area contributed by atoms with Crippen LogP contribution in [0.2, 0.25) is 0 Å². The van der Waals surface area contributed by atoms with Gasteiger partial charge in [-0.05, 0) is 44.3 Å². The quantitative estimate of drug-likeness (QED) is 0.563. The van der Waals surface area contributed by atoms with E-state index in [2.05, 4.69) is 10.3 Å². The largest absolute Gasteiger partial charge is 0.328 e. The van der Waals surface area contributed by atoms with Crippen LogP contribution in [0.5, 0.6) is 0 Å². The van der Waals surface area contributed by atoms with Gasteiger partial charge in [-0.3, -0.25) is 4.90 Å². The van der Waals surface area contributed by atoms with E-state index in [4.69, 9.17) is 5.14 Å². The van der Waals surface area contributed by atoms with Crippen molar-refractivity contribution in [3.05, 3.63) is 60.3 Å². The molecule has 0 unspecified atom stereocenters. The molecule has 2 aromatic carbocycles. The molecular formula is C21H25N5O3S2. The average molecular weight is 460 g/mol. The number of hydrogen-bond acceptors (Lipinski definition) is 6. The topological polar surface area (TPSA) is 109 Å². The van der Waals surface area contributed by atoms with Crippen LogP contribution in [0, 0.1) is 6.92 Å². The maximum Gasteiger partial charge on any atom is 0.328 e. The van der Waals surface area contributed by atoms with Crippen molar-refractivity contribution >= 4 is 38.2 Å². The van der Waals surface area contributed by atoms with Crippen molar-refractivity contribution in [3.63, 3.8) is 0 Å². The van der Waals surface area contributed by atoms with E-state index < -0.39 is 16.1 Å². The molecule has 0 fully saturated rings. The Morgan fingerprint density at radius 2 is 1.65 bits per heavy atom. The molecule has 1 heterocycles. The molecule has 0 spiro atoms. The van der Waals surface area contributed by atoms with Crippen LogP contribution < -0.4 is 15.4 Å². The minimum atomic E-state index is -3.91. The number of amides is 2. The first-order valence-electron chi connectivity index (χ1n) is 9.54. The van der Waals surface area contributed by atoms with Crippen molar-refractivity contribution in [2.75, 3.05) is 37.4 Å². The molecule has 10 heteroatoms. The van der Waals surface area contributed by atoms with Crippen molar-refractivity contribution in [1.82, 2.24) is 9.88 Å². The van der Waals surface area contributed by atoms with Gasteiger partial charge >= 0.3 is 6.03 Å². The molecule has 8 nitrogen and oxygen atoms in total. The molecule has 3 rings (SSSR count). The summed E-state index contributed by atoms with van der Waals surface area (Å²) >= 11 is 0.887. The van der Waals surface area contributed by atoms with Gasteiger partial charge in [-0.2, -0.15) is 0 Å². The number of sulfonamides is 1. The average Bonchev–Trinajstić information content (AvgIpc) is 3.11. The number of nitrogens with one attached hydrogen (secondary N) is 1. The summed E-state index contributed by atoms with van der Waals surface area (Å²) in [4.78, 5) is 20.7. The minimum absolute atomic E-state index is 0.0441. The molecule has 0 aliphatic carbocycles. The Balaban J connectivity index is 1.82. The Hall–Kier alpha value is -2.79. The number of likely N-dealkylation sites (N-methyl/N-ethyl adjacent to an activating group) is 1. The van der Waals surface area contributed by atoms with Crippen LogP contribution in [-0.4, -0.2) is 51.5 Å². The van der Waals surface area contributed by atoms with E-state index in [1.165, 1.54) is 4.90 Å². The van der Waals surface area contributed by atoms with Gasteiger partial charge in [0.2, 0.25) is 10.0 Å². The number of urea groups is 1. The number of rotatable bonds is 7. The number of nitrogens with two attached hydrogens (primary N) is 1. The normalized spacial score (nSPS) is 11.5. The number of benzene rings is 2. The van der Waals surface area contributed by atoms with E-state index in [-0.39, 0.29) is 15.0 Å². The third-order valence-corrected chi connectivity index (χ3v) is 7.23. The number of nitrogens with zero attached hydrogens (tertiary/aromatic N) is 3. The van der Waals surface area contributed by atoms with Gasteiger partial charge in [0.25, 0.3) is 0 Å². The summed E-state index contributed by atoms with van der Waals surface area (Å²) in [5, 5.41) is 8.41. The number of carbonyl (C=O) groups excluding carboxylic acids is 1. The first kappa shape index (κ1) is 22.9. The number of aryl methyl sites for hydroxylation is 1. The highest BCUT2D eigenvalue weighted by atomic mass is 32.2. The van der Waals surface area contributed by atoms with Crippen molar-refractivity contribution < 1.29 is 13.2 Å². The fourth-order valence-corrected chi connectivity index (χ4v) is 4.87. The number of anilines is 2. The third kappa shape index (κ3) is 5.88. The summed E-state index contributed by atoms with van der Waals surface area (Å²) < 4.78 is 23.5. The molecule has 3 aromatic rings. The lowest BCUT2D eigenvalue weighted by molar-refractivity contribution is 0.256. The lowest BCUT2D eigenvalue weighted by atomic mass is 10.1. The van der Waals surface area contributed by atoms with Gasteiger partial charge in [0, 0.05) is 18.8 Å². The minimum Gasteiger partial charge on any atom is -0.308 e. The summed E-state index contributed by atoms with van der Waals surface area (Å²) in [6.45, 7) is 2.46. The van der Waals surface area contributed by atoms with Crippen molar-refractivity contribution in [1.29, 1.82) is 0 Å². The summed E-state index contributed by atoms with van der Waals surface area (Å²) in [6, 6.07) is 17.1. The predicted molar refractivity (Wildman–Crippen MR) is 125 cm³/mol.